The van der Waals surface area contributed by atoms with Crippen LogP contribution in [0.15, 0.2) is 24.3 Å². The molecule has 0 amide bonds. The second-order valence-corrected chi connectivity index (χ2v) is 2.45. The van der Waals surface area contributed by atoms with Crippen molar-refractivity contribution in [3.63, 3.8) is 0 Å². The summed E-state index contributed by atoms with van der Waals surface area (Å²) < 4.78 is 4.97. The van der Waals surface area contributed by atoms with Crippen LogP contribution in [-0.4, -0.2) is 7.11 Å². The van der Waals surface area contributed by atoms with Gasteiger partial charge in [-0.1, -0.05) is 24.3 Å². The number of halogens is 1. The maximum absolute atomic E-state index is 5.44. The molecule has 2 nitrogen and oxygen atoms in total. The smallest absolute Gasteiger partial charge is 0.0713 e. The quantitative estimate of drug-likeness (QED) is 0.782. The number of rotatable bonds is 3. The van der Waals surface area contributed by atoms with E-state index < -0.39 is 0 Å². The Morgan fingerprint density at radius 2 is 1.67 bits per heavy atom. The van der Waals surface area contributed by atoms with Crippen molar-refractivity contribution in [1.29, 1.82) is 0 Å². The molecular formula is C9H14ClNO. The first-order chi connectivity index (χ1) is 5.36. The number of hydrogen-bond acceptors (Lipinski definition) is 2. The molecule has 0 unspecified atom stereocenters. The SMILES string of the molecule is COCc1ccc(CN)cc1.Cl. The van der Waals surface area contributed by atoms with Crippen molar-refractivity contribution in [3.05, 3.63) is 35.4 Å². The fraction of sp³-hybridized carbons (Fsp3) is 0.333. The van der Waals surface area contributed by atoms with Crippen molar-refractivity contribution in [2.75, 3.05) is 7.11 Å². The van der Waals surface area contributed by atoms with Gasteiger partial charge in [0, 0.05) is 13.7 Å². The molecule has 0 aliphatic rings. The molecule has 1 rings (SSSR count). The van der Waals surface area contributed by atoms with E-state index in [1.54, 1.807) is 7.11 Å². The summed E-state index contributed by atoms with van der Waals surface area (Å²) in [6.45, 7) is 1.28. The minimum Gasteiger partial charge on any atom is -0.380 e. The molecule has 0 spiro atoms. The van der Waals surface area contributed by atoms with Gasteiger partial charge in [-0.3, -0.25) is 0 Å². The molecule has 0 saturated heterocycles. The van der Waals surface area contributed by atoms with Gasteiger partial charge < -0.3 is 10.5 Å². The highest BCUT2D eigenvalue weighted by atomic mass is 35.5. The molecule has 0 bridgehead atoms. The molecule has 0 aromatic heterocycles. The van der Waals surface area contributed by atoms with Crippen LogP contribution in [0.4, 0.5) is 0 Å². The Kier molecular flexibility index (Phi) is 5.72. The molecule has 68 valence electrons. The third-order valence-electron chi connectivity index (χ3n) is 1.57. The normalized spacial score (nSPS) is 9.17. The fourth-order valence-electron chi connectivity index (χ4n) is 0.938. The third-order valence-corrected chi connectivity index (χ3v) is 1.57. The number of benzene rings is 1. The minimum atomic E-state index is 0. The Labute approximate surface area is 79.1 Å². The highest BCUT2D eigenvalue weighted by Crippen LogP contribution is 2.04. The lowest BCUT2D eigenvalue weighted by Crippen LogP contribution is -1.96. The molecular weight excluding hydrogens is 174 g/mol. The first kappa shape index (κ1) is 11.4. The molecule has 2 N–H and O–H groups in total. The maximum atomic E-state index is 5.44. The highest BCUT2D eigenvalue weighted by molar-refractivity contribution is 5.85. The van der Waals surface area contributed by atoms with Gasteiger partial charge in [-0.2, -0.15) is 0 Å². The largest absolute Gasteiger partial charge is 0.380 e. The zero-order valence-corrected chi connectivity index (χ0v) is 7.93. The van der Waals surface area contributed by atoms with Crippen LogP contribution >= 0.6 is 12.4 Å². The average Bonchev–Trinajstić information content (AvgIpc) is 2.07. The Bertz CT molecular complexity index is 210. The van der Waals surface area contributed by atoms with Crippen molar-refractivity contribution < 1.29 is 4.74 Å². The lowest BCUT2D eigenvalue weighted by Gasteiger charge is -2.00. The predicted octanol–water partition coefficient (Wildman–Crippen LogP) is 1.71. The van der Waals surface area contributed by atoms with E-state index >= 15 is 0 Å². The number of hydrogen-bond donors (Lipinski definition) is 1. The summed E-state index contributed by atoms with van der Waals surface area (Å²) in [5.41, 5.74) is 7.78. The van der Waals surface area contributed by atoms with E-state index in [0.29, 0.717) is 13.2 Å². The molecule has 0 radical (unpaired) electrons. The van der Waals surface area contributed by atoms with Crippen LogP contribution in [0.25, 0.3) is 0 Å². The van der Waals surface area contributed by atoms with Crippen LogP contribution in [0.2, 0.25) is 0 Å². The van der Waals surface area contributed by atoms with Crippen molar-refractivity contribution in [1.82, 2.24) is 0 Å². The van der Waals surface area contributed by atoms with Gasteiger partial charge in [0.25, 0.3) is 0 Å². The number of nitrogens with two attached hydrogens (primary N) is 1. The maximum Gasteiger partial charge on any atom is 0.0713 e. The van der Waals surface area contributed by atoms with Crippen LogP contribution in [-0.2, 0) is 17.9 Å². The monoisotopic (exact) mass is 187 g/mol. The van der Waals surface area contributed by atoms with Crippen LogP contribution in [0.5, 0.6) is 0 Å². The van der Waals surface area contributed by atoms with E-state index in [4.69, 9.17) is 10.5 Å². The lowest BCUT2D eigenvalue weighted by molar-refractivity contribution is 0.185. The van der Waals surface area contributed by atoms with Crippen LogP contribution in [0.1, 0.15) is 11.1 Å². The highest BCUT2D eigenvalue weighted by Gasteiger charge is 1.90. The van der Waals surface area contributed by atoms with Crippen LogP contribution in [0.3, 0.4) is 0 Å². The van der Waals surface area contributed by atoms with Crippen molar-refractivity contribution in [2.45, 2.75) is 13.2 Å². The molecule has 0 heterocycles. The Balaban J connectivity index is 0.00000121. The summed E-state index contributed by atoms with van der Waals surface area (Å²) in [5.74, 6) is 0. The summed E-state index contributed by atoms with van der Waals surface area (Å²) in [5, 5.41) is 0. The summed E-state index contributed by atoms with van der Waals surface area (Å²) in [6.07, 6.45) is 0. The van der Waals surface area contributed by atoms with Gasteiger partial charge >= 0.3 is 0 Å². The van der Waals surface area contributed by atoms with Crippen molar-refractivity contribution >= 4 is 12.4 Å². The van der Waals surface area contributed by atoms with E-state index in [1.165, 1.54) is 5.56 Å². The molecule has 0 fully saturated rings. The molecule has 0 saturated carbocycles. The second kappa shape index (κ2) is 6.00. The van der Waals surface area contributed by atoms with E-state index in [0.717, 1.165) is 5.56 Å². The molecule has 0 aliphatic heterocycles. The third kappa shape index (κ3) is 3.22. The standard InChI is InChI=1S/C9H13NO.ClH/c1-11-7-9-4-2-8(6-10)3-5-9;/h2-5H,6-7,10H2,1H3;1H. The average molecular weight is 188 g/mol. The van der Waals surface area contributed by atoms with E-state index in [9.17, 15) is 0 Å². The fourth-order valence-corrected chi connectivity index (χ4v) is 0.938. The molecule has 12 heavy (non-hydrogen) atoms. The van der Waals surface area contributed by atoms with Gasteiger partial charge in [-0.15, -0.1) is 12.4 Å². The zero-order chi connectivity index (χ0) is 8.10. The first-order valence-electron chi connectivity index (χ1n) is 3.63. The van der Waals surface area contributed by atoms with E-state index in [2.05, 4.69) is 0 Å². The summed E-state index contributed by atoms with van der Waals surface area (Å²) in [6, 6.07) is 8.11. The topological polar surface area (TPSA) is 35.2 Å². The zero-order valence-electron chi connectivity index (χ0n) is 7.12. The predicted molar refractivity (Wildman–Crippen MR) is 52.3 cm³/mol. The molecule has 0 atom stereocenters. The Hall–Kier alpha value is -0.570. The second-order valence-electron chi connectivity index (χ2n) is 2.45. The Morgan fingerprint density at radius 1 is 1.17 bits per heavy atom. The summed E-state index contributed by atoms with van der Waals surface area (Å²) >= 11 is 0. The van der Waals surface area contributed by atoms with Gasteiger partial charge in [-0.05, 0) is 11.1 Å². The minimum absolute atomic E-state index is 0. The molecule has 1 aromatic carbocycles. The Morgan fingerprint density at radius 3 is 2.08 bits per heavy atom. The van der Waals surface area contributed by atoms with Crippen LogP contribution < -0.4 is 5.73 Å². The van der Waals surface area contributed by atoms with E-state index in [1.807, 2.05) is 24.3 Å². The van der Waals surface area contributed by atoms with Gasteiger partial charge in [0.15, 0.2) is 0 Å². The van der Waals surface area contributed by atoms with Crippen molar-refractivity contribution in [3.8, 4) is 0 Å². The van der Waals surface area contributed by atoms with Gasteiger partial charge in [0.2, 0.25) is 0 Å². The summed E-state index contributed by atoms with van der Waals surface area (Å²) in [4.78, 5) is 0. The number of ether oxygens (including phenoxy) is 1. The number of methoxy groups -OCH3 is 1. The first-order valence-corrected chi connectivity index (χ1v) is 3.63. The van der Waals surface area contributed by atoms with Gasteiger partial charge in [-0.25, -0.2) is 0 Å². The van der Waals surface area contributed by atoms with E-state index in [-0.39, 0.29) is 12.4 Å². The molecule has 0 aliphatic carbocycles. The van der Waals surface area contributed by atoms with Crippen molar-refractivity contribution in [2.24, 2.45) is 5.73 Å². The summed E-state index contributed by atoms with van der Waals surface area (Å²) in [7, 11) is 1.69. The molecule has 1 aromatic rings. The van der Waals surface area contributed by atoms with Gasteiger partial charge in [0.1, 0.15) is 0 Å². The van der Waals surface area contributed by atoms with Crippen LogP contribution in [0, 0.1) is 0 Å². The van der Waals surface area contributed by atoms with Gasteiger partial charge in [0.05, 0.1) is 6.61 Å². The lowest BCUT2D eigenvalue weighted by atomic mass is 10.1. The molecule has 3 heteroatoms.